The lowest BCUT2D eigenvalue weighted by Crippen LogP contribution is -2.38. The van der Waals surface area contributed by atoms with Crippen LogP contribution in [0.2, 0.25) is 5.02 Å². The van der Waals surface area contributed by atoms with E-state index in [1.807, 2.05) is 37.3 Å². The molecule has 120 valence electrons. The first-order valence-corrected chi connectivity index (χ1v) is 8.24. The predicted octanol–water partition coefficient (Wildman–Crippen LogP) is 3.90. The van der Waals surface area contributed by atoms with Crippen molar-refractivity contribution in [3.8, 4) is 0 Å². The predicted molar refractivity (Wildman–Crippen MR) is 94.0 cm³/mol. The molecule has 1 fully saturated rings. The van der Waals surface area contributed by atoms with E-state index >= 15 is 0 Å². The Kier molecular flexibility index (Phi) is 4.82. The van der Waals surface area contributed by atoms with Crippen LogP contribution in [0.15, 0.2) is 42.7 Å². The fourth-order valence-electron chi connectivity index (χ4n) is 2.93. The van der Waals surface area contributed by atoms with Gasteiger partial charge in [-0.3, -0.25) is 9.78 Å². The summed E-state index contributed by atoms with van der Waals surface area (Å²) in [5.41, 5.74) is 2.89. The Hall–Kier alpha value is -2.07. The van der Waals surface area contributed by atoms with E-state index in [4.69, 9.17) is 11.6 Å². The monoisotopic (exact) mass is 329 g/mol. The van der Waals surface area contributed by atoms with Crippen LogP contribution in [0.25, 0.3) is 0 Å². The van der Waals surface area contributed by atoms with Gasteiger partial charge in [0.15, 0.2) is 0 Å². The standard InChI is InChI=1S/C18H20ClN3O/c1-13-16(19)3-2-4-17(13)21-18(23)14-7-11-22(12-8-14)15-5-9-20-10-6-15/h2-6,9-10,14H,7-8,11-12H2,1H3,(H,21,23). The van der Waals surface area contributed by atoms with Gasteiger partial charge in [-0.25, -0.2) is 0 Å². The van der Waals surface area contributed by atoms with Gasteiger partial charge in [-0.15, -0.1) is 0 Å². The molecule has 1 aliphatic rings. The van der Waals surface area contributed by atoms with Crippen LogP contribution in [0, 0.1) is 12.8 Å². The number of carbonyl (C=O) groups excluding carboxylic acids is 1. The Morgan fingerprint density at radius 3 is 2.61 bits per heavy atom. The van der Waals surface area contributed by atoms with Crippen molar-refractivity contribution in [2.75, 3.05) is 23.3 Å². The van der Waals surface area contributed by atoms with Crippen molar-refractivity contribution in [3.63, 3.8) is 0 Å². The van der Waals surface area contributed by atoms with Gasteiger partial charge in [0, 0.05) is 47.8 Å². The minimum absolute atomic E-state index is 0.0477. The second kappa shape index (κ2) is 7.01. The maximum absolute atomic E-state index is 12.5. The number of piperidine rings is 1. The van der Waals surface area contributed by atoms with Crippen molar-refractivity contribution in [3.05, 3.63) is 53.3 Å². The molecule has 3 rings (SSSR count). The molecular formula is C18H20ClN3O. The number of pyridine rings is 1. The van der Waals surface area contributed by atoms with Gasteiger partial charge < -0.3 is 10.2 Å². The van der Waals surface area contributed by atoms with Crippen molar-refractivity contribution in [1.82, 2.24) is 4.98 Å². The maximum atomic E-state index is 12.5. The Labute approximate surface area is 141 Å². The largest absolute Gasteiger partial charge is 0.371 e. The van der Waals surface area contributed by atoms with Gasteiger partial charge in [0.1, 0.15) is 0 Å². The van der Waals surface area contributed by atoms with Crippen molar-refractivity contribution in [1.29, 1.82) is 0 Å². The van der Waals surface area contributed by atoms with Crippen molar-refractivity contribution < 1.29 is 4.79 Å². The molecule has 2 aromatic rings. The van der Waals surface area contributed by atoms with Gasteiger partial charge in [0.2, 0.25) is 5.91 Å². The quantitative estimate of drug-likeness (QED) is 0.929. The maximum Gasteiger partial charge on any atom is 0.227 e. The van der Waals surface area contributed by atoms with Crippen molar-refractivity contribution in [2.24, 2.45) is 5.92 Å². The van der Waals surface area contributed by atoms with Crippen LogP contribution < -0.4 is 10.2 Å². The number of hydrogen-bond donors (Lipinski definition) is 1. The third kappa shape index (κ3) is 3.64. The fourth-order valence-corrected chi connectivity index (χ4v) is 3.11. The van der Waals surface area contributed by atoms with E-state index in [9.17, 15) is 4.79 Å². The summed E-state index contributed by atoms with van der Waals surface area (Å²) in [6.45, 7) is 3.69. The summed E-state index contributed by atoms with van der Waals surface area (Å²) >= 11 is 6.11. The van der Waals surface area contributed by atoms with E-state index in [0.29, 0.717) is 5.02 Å². The zero-order chi connectivity index (χ0) is 16.2. The van der Waals surface area contributed by atoms with Crippen molar-refractivity contribution >= 4 is 28.9 Å². The number of aromatic nitrogens is 1. The first-order chi connectivity index (χ1) is 11.1. The number of amides is 1. The van der Waals surface area contributed by atoms with Gasteiger partial charge >= 0.3 is 0 Å². The molecule has 0 radical (unpaired) electrons. The molecule has 23 heavy (non-hydrogen) atoms. The molecule has 5 heteroatoms. The zero-order valence-electron chi connectivity index (χ0n) is 13.1. The van der Waals surface area contributed by atoms with Crippen LogP contribution in [-0.2, 0) is 4.79 Å². The van der Waals surface area contributed by atoms with E-state index in [1.165, 1.54) is 5.69 Å². The van der Waals surface area contributed by atoms with E-state index in [1.54, 1.807) is 12.4 Å². The number of nitrogens with zero attached hydrogens (tertiary/aromatic N) is 2. The van der Waals surface area contributed by atoms with Crippen LogP contribution in [0.1, 0.15) is 18.4 Å². The van der Waals surface area contributed by atoms with E-state index in [-0.39, 0.29) is 11.8 Å². The number of rotatable bonds is 3. The normalized spacial score (nSPS) is 15.5. The Bertz CT molecular complexity index is 682. The number of hydrogen-bond acceptors (Lipinski definition) is 3. The zero-order valence-corrected chi connectivity index (χ0v) is 13.9. The first-order valence-electron chi connectivity index (χ1n) is 7.86. The van der Waals surface area contributed by atoms with E-state index < -0.39 is 0 Å². The lowest BCUT2D eigenvalue weighted by molar-refractivity contribution is -0.120. The molecule has 1 aromatic heterocycles. The SMILES string of the molecule is Cc1c(Cl)cccc1NC(=O)C1CCN(c2ccncc2)CC1. The number of benzene rings is 1. The molecule has 1 N–H and O–H groups in total. The lowest BCUT2D eigenvalue weighted by Gasteiger charge is -2.33. The highest BCUT2D eigenvalue weighted by Gasteiger charge is 2.25. The minimum Gasteiger partial charge on any atom is -0.371 e. The molecule has 1 amide bonds. The number of halogens is 1. The summed E-state index contributed by atoms with van der Waals surface area (Å²) in [7, 11) is 0. The average molecular weight is 330 g/mol. The molecular weight excluding hydrogens is 310 g/mol. The van der Waals surface area contributed by atoms with Crippen LogP contribution in [0.5, 0.6) is 0 Å². The molecule has 0 unspecified atom stereocenters. The minimum atomic E-state index is 0.0477. The molecule has 1 aromatic carbocycles. The average Bonchev–Trinajstić information content (AvgIpc) is 2.60. The molecule has 1 aliphatic heterocycles. The van der Waals surface area contributed by atoms with Crippen LogP contribution in [0.3, 0.4) is 0 Å². The van der Waals surface area contributed by atoms with E-state index in [0.717, 1.165) is 37.2 Å². The summed E-state index contributed by atoms with van der Waals surface area (Å²) < 4.78 is 0. The van der Waals surface area contributed by atoms with Crippen molar-refractivity contribution in [2.45, 2.75) is 19.8 Å². The van der Waals surface area contributed by atoms with Gasteiger partial charge in [-0.05, 0) is 49.6 Å². The molecule has 4 nitrogen and oxygen atoms in total. The lowest BCUT2D eigenvalue weighted by atomic mass is 9.95. The smallest absolute Gasteiger partial charge is 0.227 e. The number of carbonyl (C=O) groups is 1. The third-order valence-corrected chi connectivity index (χ3v) is 4.83. The summed E-state index contributed by atoms with van der Waals surface area (Å²) in [5.74, 6) is 0.135. The Balaban J connectivity index is 1.59. The number of anilines is 2. The molecule has 0 saturated carbocycles. The second-order valence-corrected chi connectivity index (χ2v) is 6.28. The Morgan fingerprint density at radius 1 is 1.22 bits per heavy atom. The summed E-state index contributed by atoms with van der Waals surface area (Å²) in [5, 5.41) is 3.70. The summed E-state index contributed by atoms with van der Waals surface area (Å²) in [6, 6.07) is 9.60. The third-order valence-electron chi connectivity index (χ3n) is 4.42. The van der Waals surface area contributed by atoms with Gasteiger partial charge in [-0.2, -0.15) is 0 Å². The topological polar surface area (TPSA) is 45.2 Å². The molecule has 2 heterocycles. The fraction of sp³-hybridized carbons (Fsp3) is 0.333. The number of nitrogens with one attached hydrogen (secondary N) is 1. The Morgan fingerprint density at radius 2 is 1.91 bits per heavy atom. The molecule has 0 aliphatic carbocycles. The van der Waals surface area contributed by atoms with Gasteiger partial charge in [0.05, 0.1) is 0 Å². The highest BCUT2D eigenvalue weighted by molar-refractivity contribution is 6.31. The van der Waals surface area contributed by atoms with Crippen LogP contribution in [0.4, 0.5) is 11.4 Å². The van der Waals surface area contributed by atoms with Crippen LogP contribution in [-0.4, -0.2) is 24.0 Å². The van der Waals surface area contributed by atoms with Gasteiger partial charge in [0.25, 0.3) is 0 Å². The summed E-state index contributed by atoms with van der Waals surface area (Å²) in [4.78, 5) is 18.8. The second-order valence-electron chi connectivity index (χ2n) is 5.87. The highest BCUT2D eigenvalue weighted by Crippen LogP contribution is 2.26. The van der Waals surface area contributed by atoms with Crippen LogP contribution >= 0.6 is 11.6 Å². The molecule has 1 saturated heterocycles. The molecule has 0 spiro atoms. The van der Waals surface area contributed by atoms with E-state index in [2.05, 4.69) is 15.2 Å². The molecule has 0 bridgehead atoms. The van der Waals surface area contributed by atoms with Gasteiger partial charge in [-0.1, -0.05) is 17.7 Å². The summed E-state index contributed by atoms with van der Waals surface area (Å²) in [6.07, 6.45) is 5.31. The first kappa shape index (κ1) is 15.8. The highest BCUT2D eigenvalue weighted by atomic mass is 35.5. The molecule has 0 atom stereocenters.